The van der Waals surface area contributed by atoms with Crippen molar-refractivity contribution < 1.29 is 0 Å². The molecule has 0 radical (unpaired) electrons. The van der Waals surface area contributed by atoms with E-state index >= 15 is 0 Å². The van der Waals surface area contributed by atoms with Gasteiger partial charge in [-0.2, -0.15) is 9.97 Å². The molecular weight excluding hydrogens is 669 g/mol. The standard InChI is InChI=1S/C51H30N4/c1-3-14-34-27-36(23-21-31(34)11-1)49-52-50(37-24-22-32-12-2-4-15-35(32)28-37)54-51(53-49)55-47-30-45-42-20-10-8-18-40(42)39-17-7-9-19-41(39)44(45)29-46(47)43-26-25-33-13-5-6-16-38(33)48(43)55/h1-30H. The van der Waals surface area contributed by atoms with Crippen LogP contribution in [0.25, 0.3) is 115 Å². The Hall–Kier alpha value is -7.43. The summed E-state index contributed by atoms with van der Waals surface area (Å²) in [7, 11) is 0. The first-order valence-corrected chi connectivity index (χ1v) is 18.7. The van der Waals surface area contributed by atoms with Gasteiger partial charge in [-0.05, 0) is 83.5 Å². The van der Waals surface area contributed by atoms with Crippen molar-refractivity contribution in [1.82, 2.24) is 19.5 Å². The minimum Gasteiger partial charge on any atom is -0.277 e. The van der Waals surface area contributed by atoms with Crippen LogP contribution in [-0.2, 0) is 0 Å². The molecule has 0 atom stereocenters. The molecule has 4 nitrogen and oxygen atoms in total. The smallest absolute Gasteiger partial charge is 0.238 e. The third kappa shape index (κ3) is 4.55. The SMILES string of the molecule is c1ccc2cc(-c3nc(-c4ccc5ccccc5c4)nc(-n4c5cc6c7ccccc7c7ccccc7c6cc5c5ccc6ccccc6c54)n3)ccc2c1. The van der Waals surface area contributed by atoms with Crippen molar-refractivity contribution in [2.75, 3.05) is 0 Å². The molecule has 254 valence electrons. The fourth-order valence-electron chi connectivity index (χ4n) is 8.76. The lowest BCUT2D eigenvalue weighted by Gasteiger charge is -2.14. The summed E-state index contributed by atoms with van der Waals surface area (Å²) < 4.78 is 2.28. The van der Waals surface area contributed by atoms with Gasteiger partial charge in [-0.25, -0.2) is 4.98 Å². The molecule has 0 saturated heterocycles. The first-order chi connectivity index (χ1) is 27.2. The molecular formula is C51H30N4. The maximum Gasteiger partial charge on any atom is 0.238 e. The van der Waals surface area contributed by atoms with E-state index < -0.39 is 0 Å². The molecule has 0 aliphatic heterocycles. The Morgan fingerprint density at radius 2 is 0.745 bits per heavy atom. The summed E-state index contributed by atoms with van der Waals surface area (Å²) in [6.45, 7) is 0. The normalized spacial score (nSPS) is 12.0. The van der Waals surface area contributed by atoms with E-state index in [-0.39, 0.29) is 0 Å². The number of aromatic nitrogens is 4. The molecule has 0 fully saturated rings. The van der Waals surface area contributed by atoms with Gasteiger partial charge in [-0.3, -0.25) is 4.57 Å². The zero-order valence-corrected chi connectivity index (χ0v) is 29.6. The molecule has 0 N–H and O–H groups in total. The molecule has 12 aromatic rings. The highest BCUT2D eigenvalue weighted by Crippen LogP contribution is 2.42. The summed E-state index contributed by atoms with van der Waals surface area (Å²) >= 11 is 0. The van der Waals surface area contributed by atoms with Gasteiger partial charge in [0, 0.05) is 27.3 Å². The quantitative estimate of drug-likeness (QED) is 0.173. The molecule has 10 aromatic carbocycles. The van der Waals surface area contributed by atoms with Crippen molar-refractivity contribution in [1.29, 1.82) is 0 Å². The second-order valence-electron chi connectivity index (χ2n) is 14.4. The van der Waals surface area contributed by atoms with E-state index in [1.807, 2.05) is 0 Å². The summed E-state index contributed by atoms with van der Waals surface area (Å²) in [5.41, 5.74) is 4.02. The van der Waals surface area contributed by atoms with Gasteiger partial charge in [0.05, 0.1) is 11.0 Å². The van der Waals surface area contributed by atoms with Gasteiger partial charge < -0.3 is 0 Å². The maximum absolute atomic E-state index is 5.38. The molecule has 0 spiro atoms. The van der Waals surface area contributed by atoms with E-state index in [0.717, 1.165) is 54.5 Å². The second-order valence-corrected chi connectivity index (χ2v) is 14.4. The van der Waals surface area contributed by atoms with Crippen LogP contribution in [0.5, 0.6) is 0 Å². The average molecular weight is 699 g/mol. The van der Waals surface area contributed by atoms with Crippen LogP contribution in [0.15, 0.2) is 182 Å². The van der Waals surface area contributed by atoms with Crippen LogP contribution in [-0.4, -0.2) is 19.5 Å². The molecule has 0 aliphatic carbocycles. The average Bonchev–Trinajstić information content (AvgIpc) is 3.59. The van der Waals surface area contributed by atoms with Gasteiger partial charge in [0.2, 0.25) is 5.95 Å². The highest BCUT2D eigenvalue weighted by molar-refractivity contribution is 6.29. The molecule has 2 aromatic heterocycles. The minimum atomic E-state index is 0.585. The Bertz CT molecular complexity index is 3460. The lowest BCUT2D eigenvalue weighted by molar-refractivity contribution is 0.956. The van der Waals surface area contributed by atoms with E-state index in [4.69, 9.17) is 15.0 Å². The zero-order chi connectivity index (χ0) is 36.0. The predicted molar refractivity (Wildman–Crippen MR) is 230 cm³/mol. The van der Waals surface area contributed by atoms with Crippen molar-refractivity contribution in [2.24, 2.45) is 0 Å². The summed E-state index contributed by atoms with van der Waals surface area (Å²) in [4.78, 5) is 16.0. The second kappa shape index (κ2) is 11.5. The van der Waals surface area contributed by atoms with E-state index in [1.54, 1.807) is 0 Å². The van der Waals surface area contributed by atoms with E-state index in [0.29, 0.717) is 17.6 Å². The largest absolute Gasteiger partial charge is 0.277 e. The molecule has 55 heavy (non-hydrogen) atoms. The summed E-state index contributed by atoms with van der Waals surface area (Å²) in [5.74, 6) is 1.85. The van der Waals surface area contributed by atoms with Crippen molar-refractivity contribution in [2.45, 2.75) is 0 Å². The Balaban J connectivity index is 1.24. The molecule has 0 unspecified atom stereocenters. The minimum absolute atomic E-state index is 0.585. The van der Waals surface area contributed by atoms with Crippen molar-refractivity contribution in [3.05, 3.63) is 182 Å². The van der Waals surface area contributed by atoms with Crippen LogP contribution in [0.3, 0.4) is 0 Å². The Kier molecular flexibility index (Phi) is 6.31. The molecule has 4 heteroatoms. The van der Waals surface area contributed by atoms with Crippen LogP contribution in [0.1, 0.15) is 0 Å². The summed E-state index contributed by atoms with van der Waals surface area (Å²) in [6, 6.07) is 65.2. The Labute approximate surface area is 315 Å². The van der Waals surface area contributed by atoms with E-state index in [2.05, 4.69) is 187 Å². The zero-order valence-electron chi connectivity index (χ0n) is 29.6. The molecule has 0 aliphatic rings. The lowest BCUT2D eigenvalue weighted by atomic mass is 9.93. The highest BCUT2D eigenvalue weighted by Gasteiger charge is 2.22. The first kappa shape index (κ1) is 30.1. The first-order valence-electron chi connectivity index (χ1n) is 18.7. The molecule has 0 saturated carbocycles. The van der Waals surface area contributed by atoms with Gasteiger partial charge in [0.15, 0.2) is 11.6 Å². The summed E-state index contributed by atoms with van der Waals surface area (Å²) in [6.07, 6.45) is 0. The van der Waals surface area contributed by atoms with Gasteiger partial charge in [0.25, 0.3) is 0 Å². The number of hydrogen-bond donors (Lipinski definition) is 0. The van der Waals surface area contributed by atoms with Crippen molar-refractivity contribution in [3.63, 3.8) is 0 Å². The molecule has 0 bridgehead atoms. The third-order valence-corrected chi connectivity index (χ3v) is 11.4. The molecule has 2 heterocycles. The van der Waals surface area contributed by atoms with Crippen LogP contribution in [0.4, 0.5) is 0 Å². The number of rotatable bonds is 3. The lowest BCUT2D eigenvalue weighted by Crippen LogP contribution is -2.06. The monoisotopic (exact) mass is 698 g/mol. The topological polar surface area (TPSA) is 43.6 Å². The number of nitrogens with zero attached hydrogens (tertiary/aromatic N) is 4. The third-order valence-electron chi connectivity index (χ3n) is 11.4. The van der Waals surface area contributed by atoms with Gasteiger partial charge in [-0.1, -0.05) is 158 Å². The van der Waals surface area contributed by atoms with Gasteiger partial charge in [-0.15, -0.1) is 0 Å². The highest BCUT2D eigenvalue weighted by atomic mass is 15.2. The van der Waals surface area contributed by atoms with Gasteiger partial charge >= 0.3 is 0 Å². The Morgan fingerprint density at radius 1 is 0.291 bits per heavy atom. The molecule has 0 amide bonds. The maximum atomic E-state index is 5.38. The number of fused-ring (bicyclic) bond motifs is 13. The van der Waals surface area contributed by atoms with Crippen molar-refractivity contribution >= 4 is 86.4 Å². The van der Waals surface area contributed by atoms with Crippen LogP contribution >= 0.6 is 0 Å². The predicted octanol–water partition coefficient (Wildman–Crippen LogP) is 13.2. The number of benzene rings is 10. The number of hydrogen-bond acceptors (Lipinski definition) is 3. The van der Waals surface area contributed by atoms with Crippen LogP contribution < -0.4 is 0 Å². The van der Waals surface area contributed by atoms with E-state index in [9.17, 15) is 0 Å². The summed E-state index contributed by atoms with van der Waals surface area (Å²) in [5, 5.41) is 16.7. The molecule has 12 rings (SSSR count). The van der Waals surface area contributed by atoms with Gasteiger partial charge in [0.1, 0.15) is 0 Å². The van der Waals surface area contributed by atoms with E-state index in [1.165, 1.54) is 43.1 Å². The fourth-order valence-corrected chi connectivity index (χ4v) is 8.76. The van der Waals surface area contributed by atoms with Crippen molar-refractivity contribution in [3.8, 4) is 28.7 Å². The van der Waals surface area contributed by atoms with Crippen LogP contribution in [0, 0.1) is 0 Å². The Morgan fingerprint density at radius 3 is 1.33 bits per heavy atom. The fraction of sp³-hybridized carbons (Fsp3) is 0. The van der Waals surface area contributed by atoms with Crippen LogP contribution in [0.2, 0.25) is 0 Å².